The van der Waals surface area contributed by atoms with Gasteiger partial charge in [0.15, 0.2) is 0 Å². The maximum absolute atomic E-state index is 5.35. The summed E-state index contributed by atoms with van der Waals surface area (Å²) in [5.41, 5.74) is 26.5. The fourth-order valence-corrected chi connectivity index (χ4v) is 1.46. The van der Waals surface area contributed by atoms with E-state index in [0.29, 0.717) is 25.0 Å². The van der Waals surface area contributed by atoms with Gasteiger partial charge in [0, 0.05) is 0 Å². The molecule has 156 valence electrons. The van der Waals surface area contributed by atoms with Gasteiger partial charge in [0.25, 0.3) is 11.9 Å². The largest absolute Gasteiger partial charge is 0.368 e. The van der Waals surface area contributed by atoms with Crippen LogP contribution in [0.2, 0.25) is 0 Å². The minimum atomic E-state index is 0.0631. The lowest BCUT2D eigenvalue weighted by Crippen LogP contribution is -2.12. The number of nitrogens with zero attached hydrogens (tertiary/aromatic N) is 6. The number of aromatic nitrogens is 6. The summed E-state index contributed by atoms with van der Waals surface area (Å²) in [5.74, 6) is 1.52. The van der Waals surface area contributed by atoms with Crippen LogP contribution in [-0.2, 0) is 9.68 Å². The molecule has 0 atom stereocenters. The lowest BCUT2D eigenvalue weighted by Gasteiger charge is -2.07. The molecule has 0 fully saturated rings. The van der Waals surface area contributed by atoms with Crippen molar-refractivity contribution in [2.24, 2.45) is 11.8 Å². The van der Waals surface area contributed by atoms with Crippen LogP contribution in [0.25, 0.3) is 0 Å². The van der Waals surface area contributed by atoms with Gasteiger partial charge in [-0.25, -0.2) is 11.0 Å². The molecule has 10 N–H and O–H groups in total. The Labute approximate surface area is 162 Å². The van der Waals surface area contributed by atoms with E-state index in [1.54, 1.807) is 0 Å². The molecule has 0 spiro atoms. The highest BCUT2D eigenvalue weighted by Crippen LogP contribution is 2.04. The fourth-order valence-electron chi connectivity index (χ4n) is 1.46. The standard InChI is InChI=1S/2C7H14N6O/c2*1-4(2)3-14-13-7-11-5(8)10-6(9)12-7/h2*4H,3H2,1-2H3,(H5,8,9,10,11,12,13). The molecule has 0 saturated carbocycles. The average molecular weight is 396 g/mol. The zero-order valence-electron chi connectivity index (χ0n) is 16.4. The Morgan fingerprint density at radius 1 is 0.607 bits per heavy atom. The molecule has 0 bridgehead atoms. The highest BCUT2D eigenvalue weighted by molar-refractivity contribution is 5.36. The molecule has 0 radical (unpaired) electrons. The van der Waals surface area contributed by atoms with Gasteiger partial charge in [-0.15, -0.1) is 0 Å². The molecule has 0 aliphatic carbocycles. The monoisotopic (exact) mass is 396 g/mol. The molecule has 0 aromatic carbocycles. The number of hydrogen-bond acceptors (Lipinski definition) is 14. The highest BCUT2D eigenvalue weighted by Gasteiger charge is 2.02. The molecule has 14 nitrogen and oxygen atoms in total. The van der Waals surface area contributed by atoms with Crippen molar-refractivity contribution in [2.45, 2.75) is 27.7 Å². The molecule has 0 amide bonds. The van der Waals surface area contributed by atoms with Gasteiger partial charge in [-0.1, -0.05) is 27.7 Å². The van der Waals surface area contributed by atoms with Gasteiger partial charge in [-0.3, -0.25) is 9.68 Å². The zero-order valence-corrected chi connectivity index (χ0v) is 16.4. The summed E-state index contributed by atoms with van der Waals surface area (Å²) in [7, 11) is 0. The van der Waals surface area contributed by atoms with E-state index in [9.17, 15) is 0 Å². The Kier molecular flexibility index (Phi) is 9.32. The number of nitrogen functional groups attached to an aromatic ring is 4. The van der Waals surface area contributed by atoms with Gasteiger partial charge in [-0.2, -0.15) is 29.9 Å². The van der Waals surface area contributed by atoms with Gasteiger partial charge in [0.1, 0.15) is 0 Å². The van der Waals surface area contributed by atoms with Crippen molar-refractivity contribution >= 4 is 35.7 Å². The van der Waals surface area contributed by atoms with Crippen LogP contribution in [0.1, 0.15) is 27.7 Å². The van der Waals surface area contributed by atoms with Crippen molar-refractivity contribution in [3.8, 4) is 0 Å². The summed E-state index contributed by atoms with van der Waals surface area (Å²) in [6.07, 6.45) is 0. The molecule has 2 aromatic heterocycles. The Hall–Kier alpha value is -3.26. The molecule has 2 heterocycles. The first kappa shape index (κ1) is 22.8. The maximum atomic E-state index is 5.35. The Bertz CT molecular complexity index is 625. The normalized spacial score (nSPS) is 10.5. The molecule has 0 saturated heterocycles. The zero-order chi connectivity index (χ0) is 21.1. The van der Waals surface area contributed by atoms with Crippen molar-refractivity contribution in [1.82, 2.24) is 29.9 Å². The van der Waals surface area contributed by atoms with Crippen LogP contribution in [0, 0.1) is 11.8 Å². The quantitative estimate of drug-likeness (QED) is 0.325. The van der Waals surface area contributed by atoms with E-state index in [2.05, 4.69) is 40.9 Å². The van der Waals surface area contributed by atoms with Crippen LogP contribution in [-0.4, -0.2) is 43.1 Å². The number of nitrogens with two attached hydrogens (primary N) is 4. The molecule has 0 aliphatic heterocycles. The summed E-state index contributed by atoms with van der Waals surface area (Å²) in [5, 5.41) is 0. The van der Waals surface area contributed by atoms with E-state index in [0.717, 1.165) is 0 Å². The molecular formula is C14H28N12O2. The summed E-state index contributed by atoms with van der Waals surface area (Å²) in [4.78, 5) is 32.5. The molecule has 14 heteroatoms. The van der Waals surface area contributed by atoms with E-state index in [4.69, 9.17) is 32.6 Å². The second kappa shape index (κ2) is 11.5. The van der Waals surface area contributed by atoms with Crippen LogP contribution in [0.3, 0.4) is 0 Å². The Balaban J connectivity index is 0.000000280. The molecule has 0 unspecified atom stereocenters. The molecular weight excluding hydrogens is 368 g/mol. The fraction of sp³-hybridized carbons (Fsp3) is 0.571. The van der Waals surface area contributed by atoms with Crippen molar-refractivity contribution in [2.75, 3.05) is 47.1 Å². The predicted molar refractivity (Wildman–Crippen MR) is 106 cm³/mol. The van der Waals surface area contributed by atoms with E-state index < -0.39 is 0 Å². The van der Waals surface area contributed by atoms with Crippen LogP contribution >= 0.6 is 0 Å². The number of anilines is 6. The van der Waals surface area contributed by atoms with E-state index in [-0.39, 0.29) is 35.7 Å². The summed E-state index contributed by atoms with van der Waals surface area (Å²) in [6, 6.07) is 0. The Morgan fingerprint density at radius 2 is 0.893 bits per heavy atom. The Morgan fingerprint density at radius 3 is 1.14 bits per heavy atom. The van der Waals surface area contributed by atoms with E-state index in [1.807, 2.05) is 27.7 Å². The smallest absolute Gasteiger partial charge is 0.253 e. The first-order chi connectivity index (χ1) is 13.2. The molecule has 2 rings (SSSR count). The lowest BCUT2D eigenvalue weighted by molar-refractivity contribution is 0.160. The second-order valence-electron chi connectivity index (χ2n) is 6.36. The topological polar surface area (TPSA) is 224 Å². The summed E-state index contributed by atoms with van der Waals surface area (Å²) < 4.78 is 0. The SMILES string of the molecule is CC(C)CONc1nc(N)nc(N)n1.CC(C)CONc1nc(N)nc(N)n1. The van der Waals surface area contributed by atoms with Crippen LogP contribution in [0.5, 0.6) is 0 Å². The van der Waals surface area contributed by atoms with Crippen molar-refractivity contribution in [3.63, 3.8) is 0 Å². The van der Waals surface area contributed by atoms with Crippen molar-refractivity contribution < 1.29 is 9.68 Å². The van der Waals surface area contributed by atoms with Gasteiger partial charge in [0.05, 0.1) is 13.2 Å². The summed E-state index contributed by atoms with van der Waals surface area (Å²) >= 11 is 0. The summed E-state index contributed by atoms with van der Waals surface area (Å²) in [6.45, 7) is 9.20. The molecule has 0 aliphatic rings. The number of hydrogen-bond donors (Lipinski definition) is 6. The van der Waals surface area contributed by atoms with Crippen LogP contribution < -0.4 is 33.9 Å². The third-order valence-electron chi connectivity index (χ3n) is 2.50. The van der Waals surface area contributed by atoms with Crippen molar-refractivity contribution in [3.05, 3.63) is 0 Å². The maximum Gasteiger partial charge on any atom is 0.253 e. The number of rotatable bonds is 8. The molecule has 28 heavy (non-hydrogen) atoms. The van der Waals surface area contributed by atoms with Crippen LogP contribution in [0.4, 0.5) is 35.7 Å². The minimum Gasteiger partial charge on any atom is -0.368 e. The first-order valence-electron chi connectivity index (χ1n) is 8.45. The highest BCUT2D eigenvalue weighted by atomic mass is 16.6. The molecule has 2 aromatic rings. The minimum absolute atomic E-state index is 0.0631. The second-order valence-corrected chi connectivity index (χ2v) is 6.36. The van der Waals surface area contributed by atoms with E-state index in [1.165, 1.54) is 0 Å². The third-order valence-corrected chi connectivity index (χ3v) is 2.50. The van der Waals surface area contributed by atoms with Gasteiger partial charge in [-0.05, 0) is 11.8 Å². The van der Waals surface area contributed by atoms with Gasteiger partial charge in [0.2, 0.25) is 23.8 Å². The van der Waals surface area contributed by atoms with Crippen molar-refractivity contribution in [1.29, 1.82) is 0 Å². The van der Waals surface area contributed by atoms with Gasteiger partial charge < -0.3 is 22.9 Å². The van der Waals surface area contributed by atoms with Crippen LogP contribution in [0.15, 0.2) is 0 Å². The average Bonchev–Trinajstić information content (AvgIpc) is 2.53. The third kappa shape index (κ3) is 10.0. The first-order valence-corrected chi connectivity index (χ1v) is 8.45. The predicted octanol–water partition coefficient (Wildman–Crippen LogP) is 0.0710. The van der Waals surface area contributed by atoms with Gasteiger partial charge >= 0.3 is 0 Å². The lowest BCUT2D eigenvalue weighted by atomic mass is 10.2. The number of nitrogens with one attached hydrogen (secondary N) is 2. The van der Waals surface area contributed by atoms with E-state index >= 15 is 0 Å².